The smallest absolute Gasteiger partial charge is 0.228 e. The number of allylic oxidation sites excluding steroid dienone is 1. The van der Waals surface area contributed by atoms with Crippen LogP contribution in [0.25, 0.3) is 0 Å². The number of hydrogen-bond acceptors (Lipinski definition) is 1. The molecule has 0 aliphatic heterocycles. The van der Waals surface area contributed by atoms with Gasteiger partial charge in [0.1, 0.15) is 0 Å². The largest absolute Gasteiger partial charge is 0.244 e. The highest BCUT2D eigenvalue weighted by Gasteiger charge is 1.95. The van der Waals surface area contributed by atoms with Gasteiger partial charge in [-0.3, -0.25) is 0 Å². The van der Waals surface area contributed by atoms with Gasteiger partial charge in [-0.2, -0.15) is 4.39 Å². The summed E-state index contributed by atoms with van der Waals surface area (Å²) in [5.74, 6) is -1.91. The predicted octanol–water partition coefficient (Wildman–Crippen LogP) is 3.62. The molecule has 0 unspecified atom stereocenters. The van der Waals surface area contributed by atoms with Gasteiger partial charge in [-0.1, -0.05) is 13.8 Å². The maximum Gasteiger partial charge on any atom is 0.244 e. The van der Waals surface area contributed by atoms with Crippen molar-refractivity contribution in [1.29, 1.82) is 0 Å². The Bertz CT molecular complexity index is 151. The molecule has 0 aliphatic carbocycles. The maximum atomic E-state index is 12.1. The zero-order valence-corrected chi connectivity index (χ0v) is 7.70. The fraction of sp³-hybridized carbons (Fsp3) is 0.625. The Hall–Kier alpha value is -0.730. The second-order valence-electron chi connectivity index (χ2n) is 1.88. The Morgan fingerprint density at radius 1 is 1.00 bits per heavy atom. The minimum atomic E-state index is -1.03. The summed E-state index contributed by atoms with van der Waals surface area (Å²) < 4.78 is 23.9. The van der Waals surface area contributed by atoms with Crippen molar-refractivity contribution in [1.82, 2.24) is 0 Å². The molecule has 0 aromatic heterocycles. The van der Waals surface area contributed by atoms with Crippen LogP contribution in [-0.4, -0.2) is 5.71 Å². The third kappa shape index (κ3) is 9.27. The summed E-state index contributed by atoms with van der Waals surface area (Å²) >= 11 is 0. The molecule has 0 saturated heterocycles. The lowest BCUT2D eigenvalue weighted by Crippen LogP contribution is -1.80. The highest BCUT2D eigenvalue weighted by atomic mass is 19.2. The van der Waals surface area contributed by atoms with E-state index in [0.717, 1.165) is 6.92 Å². The molecular formula is C8H15F2N. The average Bonchev–Trinajstić information content (AvgIpc) is 1.90. The van der Waals surface area contributed by atoms with Crippen LogP contribution in [0.2, 0.25) is 0 Å². The topological polar surface area (TPSA) is 12.4 Å². The number of aliphatic imine (C=N–C) groups is 1. The molecule has 0 saturated carbocycles. The van der Waals surface area contributed by atoms with E-state index in [2.05, 4.69) is 4.99 Å². The van der Waals surface area contributed by atoms with Crippen molar-refractivity contribution in [3.8, 4) is 0 Å². The third-order valence-corrected chi connectivity index (χ3v) is 0.606. The lowest BCUT2D eigenvalue weighted by atomic mass is 10.5. The second-order valence-corrected chi connectivity index (χ2v) is 1.88. The molecule has 66 valence electrons. The minimum Gasteiger partial charge on any atom is -0.228 e. The van der Waals surface area contributed by atoms with Gasteiger partial charge >= 0.3 is 0 Å². The molecule has 11 heavy (non-hydrogen) atoms. The molecule has 0 fully saturated rings. The molecule has 0 radical (unpaired) electrons. The van der Waals surface area contributed by atoms with E-state index in [9.17, 15) is 8.78 Å². The first-order chi connectivity index (χ1) is 5.04. The number of rotatable bonds is 1. The Morgan fingerprint density at radius 3 is 1.45 bits per heavy atom. The van der Waals surface area contributed by atoms with Gasteiger partial charge in [-0.25, -0.2) is 9.38 Å². The lowest BCUT2D eigenvalue weighted by Gasteiger charge is -1.87. The SMILES string of the molecule is CC.CC(C)=N/C(F)=C(\C)F. The Morgan fingerprint density at radius 2 is 1.36 bits per heavy atom. The fourth-order valence-electron chi connectivity index (χ4n) is 0.273. The highest BCUT2D eigenvalue weighted by Crippen LogP contribution is 2.07. The van der Waals surface area contributed by atoms with E-state index >= 15 is 0 Å². The van der Waals surface area contributed by atoms with E-state index < -0.39 is 11.8 Å². The molecule has 0 atom stereocenters. The molecule has 0 rings (SSSR count). The summed E-state index contributed by atoms with van der Waals surface area (Å²) in [6.07, 6.45) is 0. The summed E-state index contributed by atoms with van der Waals surface area (Å²) in [6, 6.07) is 0. The van der Waals surface area contributed by atoms with E-state index in [1.807, 2.05) is 13.8 Å². The van der Waals surface area contributed by atoms with E-state index in [4.69, 9.17) is 0 Å². The van der Waals surface area contributed by atoms with Gasteiger partial charge in [0.2, 0.25) is 5.95 Å². The zero-order chi connectivity index (χ0) is 9.44. The van der Waals surface area contributed by atoms with Crippen LogP contribution in [0.3, 0.4) is 0 Å². The lowest BCUT2D eigenvalue weighted by molar-refractivity contribution is 0.532. The molecule has 0 bridgehead atoms. The summed E-state index contributed by atoms with van der Waals surface area (Å²) in [6.45, 7) is 8.23. The van der Waals surface area contributed by atoms with Crippen LogP contribution in [0, 0.1) is 0 Å². The van der Waals surface area contributed by atoms with E-state index in [-0.39, 0.29) is 0 Å². The number of nitrogens with zero attached hydrogens (tertiary/aromatic N) is 1. The Labute approximate surface area is 66.8 Å². The predicted molar refractivity (Wildman–Crippen MR) is 45.0 cm³/mol. The molecular weight excluding hydrogens is 148 g/mol. The van der Waals surface area contributed by atoms with Gasteiger partial charge < -0.3 is 0 Å². The average molecular weight is 163 g/mol. The number of hydrogen-bond donors (Lipinski definition) is 0. The van der Waals surface area contributed by atoms with Crippen LogP contribution in [0.15, 0.2) is 16.8 Å². The highest BCUT2D eigenvalue weighted by molar-refractivity contribution is 5.79. The molecule has 0 heterocycles. The van der Waals surface area contributed by atoms with Gasteiger partial charge in [0.15, 0.2) is 5.83 Å². The molecule has 0 aliphatic rings. The number of halogens is 2. The maximum absolute atomic E-state index is 12.1. The summed E-state index contributed by atoms with van der Waals surface area (Å²) in [4.78, 5) is 3.23. The van der Waals surface area contributed by atoms with Crippen LogP contribution in [0.1, 0.15) is 34.6 Å². The van der Waals surface area contributed by atoms with E-state index in [0.29, 0.717) is 5.71 Å². The van der Waals surface area contributed by atoms with E-state index in [1.165, 1.54) is 0 Å². The molecule has 0 aromatic rings. The summed E-state index contributed by atoms with van der Waals surface area (Å²) in [5.41, 5.74) is 0.504. The monoisotopic (exact) mass is 163 g/mol. The van der Waals surface area contributed by atoms with Gasteiger partial charge in [-0.05, 0) is 20.8 Å². The minimum absolute atomic E-state index is 0.504. The van der Waals surface area contributed by atoms with Gasteiger partial charge in [-0.15, -0.1) is 0 Å². The Kier molecular flexibility index (Phi) is 8.65. The van der Waals surface area contributed by atoms with Crippen molar-refractivity contribution >= 4 is 5.71 Å². The summed E-state index contributed by atoms with van der Waals surface area (Å²) in [7, 11) is 0. The molecule has 0 amide bonds. The van der Waals surface area contributed by atoms with Crippen LogP contribution in [-0.2, 0) is 0 Å². The van der Waals surface area contributed by atoms with Crippen LogP contribution in [0.4, 0.5) is 8.78 Å². The summed E-state index contributed by atoms with van der Waals surface area (Å²) in [5, 5.41) is 0. The second kappa shape index (κ2) is 7.38. The van der Waals surface area contributed by atoms with Crippen molar-refractivity contribution in [2.45, 2.75) is 34.6 Å². The van der Waals surface area contributed by atoms with Crippen molar-refractivity contribution in [2.75, 3.05) is 0 Å². The molecule has 1 nitrogen and oxygen atoms in total. The third-order valence-electron chi connectivity index (χ3n) is 0.606. The van der Waals surface area contributed by atoms with Crippen LogP contribution < -0.4 is 0 Å². The fourth-order valence-corrected chi connectivity index (χ4v) is 0.273. The first-order valence-electron chi connectivity index (χ1n) is 3.58. The molecule has 0 aromatic carbocycles. The zero-order valence-electron chi connectivity index (χ0n) is 7.70. The van der Waals surface area contributed by atoms with Crippen molar-refractivity contribution in [3.63, 3.8) is 0 Å². The van der Waals surface area contributed by atoms with Gasteiger partial charge in [0.25, 0.3) is 0 Å². The quantitative estimate of drug-likeness (QED) is 0.413. The van der Waals surface area contributed by atoms with Gasteiger partial charge in [0, 0.05) is 5.71 Å². The van der Waals surface area contributed by atoms with Crippen molar-refractivity contribution in [2.24, 2.45) is 4.99 Å². The normalized spacial score (nSPS) is 10.8. The molecule has 0 spiro atoms. The van der Waals surface area contributed by atoms with Crippen LogP contribution >= 0.6 is 0 Å². The molecule has 3 heteroatoms. The first-order valence-corrected chi connectivity index (χ1v) is 3.58. The standard InChI is InChI=1S/C6H9F2N.C2H6/c1-4(2)9-6(8)5(3)7;1-2/h1-3H3;1-2H3/b6-5+;. The van der Waals surface area contributed by atoms with E-state index in [1.54, 1.807) is 13.8 Å². The van der Waals surface area contributed by atoms with Crippen molar-refractivity contribution < 1.29 is 8.78 Å². The molecule has 0 N–H and O–H groups in total. The van der Waals surface area contributed by atoms with Crippen LogP contribution in [0.5, 0.6) is 0 Å². The Balaban J connectivity index is 0. The van der Waals surface area contributed by atoms with Gasteiger partial charge in [0.05, 0.1) is 0 Å². The van der Waals surface area contributed by atoms with Crippen molar-refractivity contribution in [3.05, 3.63) is 11.8 Å². The first kappa shape index (κ1) is 12.9.